The van der Waals surface area contributed by atoms with Gasteiger partial charge in [0.05, 0.1) is 16.4 Å². The molecule has 0 bridgehead atoms. The average Bonchev–Trinajstić information content (AvgIpc) is 3.81. The fourth-order valence-electron chi connectivity index (χ4n) is 7.88. The van der Waals surface area contributed by atoms with E-state index in [9.17, 15) is 0 Å². The van der Waals surface area contributed by atoms with E-state index < -0.39 is 0 Å². The summed E-state index contributed by atoms with van der Waals surface area (Å²) in [6.07, 6.45) is 1.76. The third-order valence-corrected chi connectivity index (χ3v) is 10.3. The van der Waals surface area contributed by atoms with E-state index in [0.29, 0.717) is 23.3 Å². The minimum atomic E-state index is 0.532. The Kier molecular flexibility index (Phi) is 6.75. The predicted octanol–water partition coefficient (Wildman–Crippen LogP) is 12.1. The molecule has 11 aromatic rings. The molecule has 6 heteroatoms. The zero-order chi connectivity index (χ0) is 35.6. The standard InChI is InChI=1S/C48H29N5O/c1-3-13-30(14-4-1)31-23-25-32(26-24-31)39-29-34-17-7-8-18-35(34)44-42(39)36-19-9-11-21-40(36)53(44)48-51-45(33-15-5-2-6-16-33)50-46(52-48)38-27-28-49-47-43(38)37-20-10-12-22-41(37)54-47/h1-29H. The summed E-state index contributed by atoms with van der Waals surface area (Å²) in [6, 6.07) is 58.9. The van der Waals surface area contributed by atoms with Crippen molar-refractivity contribution in [2.45, 2.75) is 0 Å². The van der Waals surface area contributed by atoms with Gasteiger partial charge >= 0.3 is 0 Å². The molecule has 4 aromatic heterocycles. The van der Waals surface area contributed by atoms with Crippen LogP contribution in [0.25, 0.3) is 106 Å². The van der Waals surface area contributed by atoms with Crippen LogP contribution in [0.3, 0.4) is 0 Å². The van der Waals surface area contributed by atoms with Crippen LogP contribution in [0.15, 0.2) is 180 Å². The van der Waals surface area contributed by atoms with Gasteiger partial charge in [-0.1, -0.05) is 146 Å². The van der Waals surface area contributed by atoms with Crippen LogP contribution in [0.5, 0.6) is 0 Å². The molecule has 0 aliphatic heterocycles. The molecule has 4 heterocycles. The van der Waals surface area contributed by atoms with E-state index in [1.165, 1.54) is 11.1 Å². The molecule has 0 aliphatic carbocycles. The first-order valence-electron chi connectivity index (χ1n) is 18.0. The summed E-state index contributed by atoms with van der Waals surface area (Å²) >= 11 is 0. The number of fused-ring (bicyclic) bond motifs is 8. The highest BCUT2D eigenvalue weighted by molar-refractivity contribution is 6.24. The Morgan fingerprint density at radius 1 is 0.444 bits per heavy atom. The largest absolute Gasteiger partial charge is 0.438 e. The van der Waals surface area contributed by atoms with E-state index in [1.807, 2.05) is 54.6 Å². The number of furan rings is 1. The van der Waals surface area contributed by atoms with E-state index in [2.05, 4.69) is 125 Å². The Balaban J connectivity index is 1.23. The first-order chi connectivity index (χ1) is 26.8. The second kappa shape index (κ2) is 12.1. The highest BCUT2D eigenvalue weighted by Crippen LogP contribution is 2.43. The van der Waals surface area contributed by atoms with Crippen LogP contribution in [0.1, 0.15) is 0 Å². The number of pyridine rings is 1. The molecule has 0 saturated heterocycles. The van der Waals surface area contributed by atoms with Gasteiger partial charge in [-0.05, 0) is 51.9 Å². The third kappa shape index (κ3) is 4.74. The van der Waals surface area contributed by atoms with E-state index in [0.717, 1.165) is 71.2 Å². The normalized spacial score (nSPS) is 11.7. The zero-order valence-electron chi connectivity index (χ0n) is 28.9. The van der Waals surface area contributed by atoms with Crippen molar-refractivity contribution in [3.8, 4) is 51.0 Å². The van der Waals surface area contributed by atoms with Crippen molar-refractivity contribution in [2.75, 3.05) is 0 Å². The second-order valence-electron chi connectivity index (χ2n) is 13.5. The number of rotatable bonds is 5. The Hall–Kier alpha value is -7.44. The van der Waals surface area contributed by atoms with Crippen LogP contribution in [0, 0.1) is 0 Å². The van der Waals surface area contributed by atoms with Gasteiger partial charge in [0.25, 0.3) is 0 Å². The molecule has 7 aromatic carbocycles. The van der Waals surface area contributed by atoms with Crippen LogP contribution in [-0.2, 0) is 0 Å². The van der Waals surface area contributed by atoms with Crippen LogP contribution in [0.2, 0.25) is 0 Å². The molecule has 0 aliphatic rings. The molecule has 252 valence electrons. The molecule has 0 unspecified atom stereocenters. The van der Waals surface area contributed by atoms with Gasteiger partial charge in [-0.15, -0.1) is 0 Å². The molecule has 0 spiro atoms. The Morgan fingerprint density at radius 2 is 1.07 bits per heavy atom. The lowest BCUT2D eigenvalue weighted by Gasteiger charge is -2.13. The number of hydrogen-bond donors (Lipinski definition) is 0. The van der Waals surface area contributed by atoms with E-state index >= 15 is 0 Å². The van der Waals surface area contributed by atoms with Crippen molar-refractivity contribution < 1.29 is 4.42 Å². The molecule has 0 amide bonds. The molecule has 0 atom stereocenters. The van der Waals surface area contributed by atoms with Gasteiger partial charge in [-0.3, -0.25) is 4.57 Å². The summed E-state index contributed by atoms with van der Waals surface area (Å²) in [4.78, 5) is 20.3. The zero-order valence-corrected chi connectivity index (χ0v) is 28.9. The Labute approximate surface area is 309 Å². The molecule has 0 saturated carbocycles. The van der Waals surface area contributed by atoms with Crippen molar-refractivity contribution >= 4 is 54.6 Å². The topological polar surface area (TPSA) is 69.6 Å². The lowest BCUT2D eigenvalue weighted by atomic mass is 9.94. The molecule has 6 nitrogen and oxygen atoms in total. The first-order valence-corrected chi connectivity index (χ1v) is 18.0. The van der Waals surface area contributed by atoms with Gasteiger partial charge in [0.1, 0.15) is 5.58 Å². The van der Waals surface area contributed by atoms with Crippen molar-refractivity contribution in [2.24, 2.45) is 0 Å². The maximum absolute atomic E-state index is 6.20. The maximum atomic E-state index is 6.20. The average molecular weight is 692 g/mol. The molecule has 0 fully saturated rings. The number of hydrogen-bond acceptors (Lipinski definition) is 5. The van der Waals surface area contributed by atoms with Crippen LogP contribution in [0.4, 0.5) is 0 Å². The summed E-state index contributed by atoms with van der Waals surface area (Å²) < 4.78 is 8.42. The highest BCUT2D eigenvalue weighted by atomic mass is 16.3. The van der Waals surface area contributed by atoms with Crippen molar-refractivity contribution in [3.05, 3.63) is 176 Å². The Bertz CT molecular complexity index is 3200. The quantitative estimate of drug-likeness (QED) is 0.180. The molecule has 0 N–H and O–H groups in total. The van der Waals surface area contributed by atoms with Gasteiger partial charge in [0.2, 0.25) is 11.7 Å². The van der Waals surface area contributed by atoms with Crippen molar-refractivity contribution in [3.63, 3.8) is 0 Å². The SMILES string of the molecule is c1ccc(-c2ccc(-c3cc4ccccc4c4c3c3ccccc3n4-c3nc(-c4ccccc4)nc(-c4ccnc5oc6ccccc6c45)n3)cc2)cc1. The van der Waals surface area contributed by atoms with Crippen molar-refractivity contribution in [1.82, 2.24) is 24.5 Å². The third-order valence-electron chi connectivity index (χ3n) is 10.3. The minimum Gasteiger partial charge on any atom is -0.438 e. The van der Waals surface area contributed by atoms with Crippen molar-refractivity contribution in [1.29, 1.82) is 0 Å². The molecule has 0 radical (unpaired) electrons. The van der Waals surface area contributed by atoms with E-state index in [1.54, 1.807) is 6.20 Å². The van der Waals surface area contributed by atoms with E-state index in [-0.39, 0.29) is 0 Å². The van der Waals surface area contributed by atoms with Gasteiger partial charge < -0.3 is 4.42 Å². The number of benzene rings is 7. The van der Waals surface area contributed by atoms with Gasteiger partial charge in [0.15, 0.2) is 11.6 Å². The summed E-state index contributed by atoms with van der Waals surface area (Å²) in [6.45, 7) is 0. The van der Waals surface area contributed by atoms with Gasteiger partial charge in [-0.2, -0.15) is 9.97 Å². The van der Waals surface area contributed by atoms with Crippen LogP contribution < -0.4 is 0 Å². The molecular weight excluding hydrogens is 663 g/mol. The van der Waals surface area contributed by atoms with E-state index in [4.69, 9.17) is 19.4 Å². The highest BCUT2D eigenvalue weighted by Gasteiger charge is 2.23. The number of nitrogens with zero attached hydrogens (tertiary/aromatic N) is 5. The summed E-state index contributed by atoms with van der Waals surface area (Å²) in [5, 5.41) is 6.35. The summed E-state index contributed by atoms with van der Waals surface area (Å²) in [5.74, 6) is 1.65. The monoisotopic (exact) mass is 691 g/mol. The fourth-order valence-corrected chi connectivity index (χ4v) is 7.88. The van der Waals surface area contributed by atoms with Gasteiger partial charge in [-0.25, -0.2) is 9.97 Å². The fraction of sp³-hybridized carbons (Fsp3) is 0. The first kappa shape index (κ1) is 30.2. The smallest absolute Gasteiger partial charge is 0.238 e. The summed E-state index contributed by atoms with van der Waals surface area (Å²) in [5.41, 5.74) is 9.75. The minimum absolute atomic E-state index is 0.532. The molecule has 54 heavy (non-hydrogen) atoms. The van der Waals surface area contributed by atoms with Gasteiger partial charge in [0, 0.05) is 38.9 Å². The number of aromatic nitrogens is 5. The van der Waals surface area contributed by atoms with Crippen LogP contribution >= 0.6 is 0 Å². The summed E-state index contributed by atoms with van der Waals surface area (Å²) in [7, 11) is 0. The maximum Gasteiger partial charge on any atom is 0.238 e. The van der Waals surface area contributed by atoms with Crippen LogP contribution in [-0.4, -0.2) is 24.5 Å². The Morgan fingerprint density at radius 3 is 1.89 bits per heavy atom. The predicted molar refractivity (Wildman–Crippen MR) is 218 cm³/mol. The number of para-hydroxylation sites is 2. The lowest BCUT2D eigenvalue weighted by Crippen LogP contribution is -2.07. The second-order valence-corrected chi connectivity index (χ2v) is 13.5. The molecule has 11 rings (SSSR count). The molecular formula is C48H29N5O. The lowest BCUT2D eigenvalue weighted by molar-refractivity contribution is 0.654.